The average Bonchev–Trinajstić information content (AvgIpc) is 2.81. The number of alkyl halides is 1. The van der Waals surface area contributed by atoms with Crippen LogP contribution in [0.3, 0.4) is 0 Å². The number of hydrogen-bond donors (Lipinski definition) is 0. The van der Waals surface area contributed by atoms with Gasteiger partial charge in [-0.25, -0.2) is 9.18 Å². The van der Waals surface area contributed by atoms with Crippen LogP contribution in [0.1, 0.15) is 37.3 Å². The molecule has 1 aliphatic heterocycles. The summed E-state index contributed by atoms with van der Waals surface area (Å²) in [5, 5.41) is 0. The Labute approximate surface area is 183 Å². The fraction of sp³-hybridized carbons (Fsp3) is 0.296. The molecule has 2 aliphatic rings. The molecule has 1 heterocycles. The Kier molecular flexibility index (Phi) is 5.81. The molecule has 2 aromatic carbocycles. The van der Waals surface area contributed by atoms with E-state index in [2.05, 4.69) is 6.58 Å². The maximum Gasteiger partial charge on any atom is 0.411 e. The molecule has 2 aromatic rings. The van der Waals surface area contributed by atoms with Crippen LogP contribution in [-0.2, 0) is 10.3 Å². The molecule has 1 amide bonds. The van der Waals surface area contributed by atoms with Gasteiger partial charge in [0, 0.05) is 25.8 Å². The predicted molar refractivity (Wildman–Crippen MR) is 122 cm³/mol. The second kappa shape index (κ2) is 8.54. The lowest BCUT2D eigenvalue weighted by molar-refractivity contribution is -0.0706. The van der Waals surface area contributed by atoms with E-state index in [1.807, 2.05) is 72.8 Å². The Morgan fingerprint density at radius 3 is 2.42 bits per heavy atom. The van der Waals surface area contributed by atoms with Gasteiger partial charge < -0.3 is 9.64 Å². The fourth-order valence-corrected chi connectivity index (χ4v) is 4.51. The first-order chi connectivity index (χ1) is 15.0. The molecule has 0 bridgehead atoms. The highest BCUT2D eigenvalue weighted by molar-refractivity contribution is 5.76. The molecule has 0 spiro atoms. The van der Waals surface area contributed by atoms with Crippen LogP contribution in [0, 0.1) is 0 Å². The minimum absolute atomic E-state index is 0.217. The van der Waals surface area contributed by atoms with Gasteiger partial charge in [0.2, 0.25) is 0 Å². The minimum Gasteiger partial charge on any atom is -0.437 e. The molecule has 1 saturated heterocycles. The molecule has 4 heteroatoms. The van der Waals surface area contributed by atoms with Gasteiger partial charge in [-0.2, -0.15) is 0 Å². The van der Waals surface area contributed by atoms with E-state index in [9.17, 15) is 4.79 Å². The van der Waals surface area contributed by atoms with Crippen LogP contribution >= 0.6 is 0 Å². The quantitative estimate of drug-likeness (QED) is 0.506. The van der Waals surface area contributed by atoms with Crippen LogP contribution in [0.4, 0.5) is 9.18 Å². The van der Waals surface area contributed by atoms with E-state index >= 15 is 4.39 Å². The van der Waals surface area contributed by atoms with Crippen molar-refractivity contribution in [1.82, 2.24) is 4.90 Å². The van der Waals surface area contributed by atoms with Crippen molar-refractivity contribution < 1.29 is 13.9 Å². The summed E-state index contributed by atoms with van der Waals surface area (Å²) in [5.41, 5.74) is 0.614. The Morgan fingerprint density at radius 2 is 1.84 bits per heavy atom. The molecule has 0 aromatic heterocycles. The number of carbonyl (C=O) groups excluding carboxylic acids is 1. The van der Waals surface area contributed by atoms with E-state index in [1.54, 1.807) is 19.1 Å². The molecular weight excluding hydrogens is 389 g/mol. The van der Waals surface area contributed by atoms with Gasteiger partial charge in [0.25, 0.3) is 0 Å². The van der Waals surface area contributed by atoms with Crippen molar-refractivity contribution >= 4 is 11.7 Å². The largest absolute Gasteiger partial charge is 0.437 e. The summed E-state index contributed by atoms with van der Waals surface area (Å²) >= 11 is 0. The van der Waals surface area contributed by atoms with Crippen LogP contribution < -0.4 is 0 Å². The maximum atomic E-state index is 15.9. The van der Waals surface area contributed by atoms with Crippen LogP contribution in [0.15, 0.2) is 91.5 Å². The van der Waals surface area contributed by atoms with Crippen LogP contribution in [0.2, 0.25) is 0 Å². The lowest BCUT2D eigenvalue weighted by atomic mass is 9.83. The Hall–Kier alpha value is -3.14. The van der Waals surface area contributed by atoms with Crippen molar-refractivity contribution in [2.24, 2.45) is 0 Å². The highest BCUT2D eigenvalue weighted by Gasteiger charge is 2.47. The predicted octanol–water partition coefficient (Wildman–Crippen LogP) is 6.44. The third-order valence-corrected chi connectivity index (χ3v) is 6.49. The van der Waals surface area contributed by atoms with Crippen LogP contribution in [0.5, 0.6) is 0 Å². The zero-order valence-electron chi connectivity index (χ0n) is 17.8. The van der Waals surface area contributed by atoms with E-state index in [0.717, 1.165) is 16.7 Å². The summed E-state index contributed by atoms with van der Waals surface area (Å²) in [6.45, 7) is 6.03. The number of nitrogens with zero attached hydrogens (tertiary/aromatic N) is 1. The zero-order chi connectivity index (χ0) is 21.9. The van der Waals surface area contributed by atoms with Crippen molar-refractivity contribution in [2.75, 3.05) is 6.54 Å². The summed E-state index contributed by atoms with van der Waals surface area (Å²) in [6, 6.07) is 19.0. The molecule has 1 unspecified atom stereocenters. The van der Waals surface area contributed by atoms with E-state index < -0.39 is 23.4 Å². The first kappa shape index (κ1) is 21.1. The maximum absolute atomic E-state index is 15.9. The number of amides is 1. The average molecular weight is 418 g/mol. The summed E-state index contributed by atoms with van der Waals surface area (Å²) < 4.78 is 21.8. The molecule has 1 aliphatic carbocycles. The van der Waals surface area contributed by atoms with Crippen molar-refractivity contribution in [2.45, 2.75) is 43.5 Å². The SMILES string of the molecule is C=CC[C@@]1(c2ccccc2)CCN([C@@H](C)C2(F)C=CC(c3ccccc3)=CC2)C(=O)O1. The van der Waals surface area contributed by atoms with E-state index in [-0.39, 0.29) is 6.42 Å². The van der Waals surface area contributed by atoms with Crippen LogP contribution in [0.25, 0.3) is 5.57 Å². The van der Waals surface area contributed by atoms with Gasteiger partial charge in [0.1, 0.15) is 5.60 Å². The number of cyclic esters (lactones) is 1. The molecule has 31 heavy (non-hydrogen) atoms. The smallest absolute Gasteiger partial charge is 0.411 e. The molecular formula is C27H28FNO2. The number of ether oxygens (including phenoxy) is 1. The number of halogens is 1. The number of rotatable bonds is 6. The molecule has 3 atom stereocenters. The lowest BCUT2D eigenvalue weighted by Gasteiger charge is -2.45. The van der Waals surface area contributed by atoms with Gasteiger partial charge in [-0.3, -0.25) is 0 Å². The third kappa shape index (κ3) is 4.07. The Bertz CT molecular complexity index is 1000. The van der Waals surface area contributed by atoms with Gasteiger partial charge in [0.05, 0.1) is 6.04 Å². The standard InChI is InChI=1S/C27H28FNO2/c1-3-16-27(24-12-8-5-9-13-24)19-20-29(25(30)31-27)21(2)26(28)17-14-23(15-18-26)22-10-6-4-7-11-22/h3-15,17,21H,1,16,18-20H2,2H3/t21-,26?,27-/m0/s1. The summed E-state index contributed by atoms with van der Waals surface area (Å²) in [5.74, 6) is 0. The lowest BCUT2D eigenvalue weighted by Crippen LogP contribution is -2.56. The van der Waals surface area contributed by atoms with Gasteiger partial charge in [-0.1, -0.05) is 78.9 Å². The van der Waals surface area contributed by atoms with Gasteiger partial charge in [0.15, 0.2) is 5.67 Å². The first-order valence-electron chi connectivity index (χ1n) is 10.8. The van der Waals surface area contributed by atoms with Crippen molar-refractivity contribution in [3.63, 3.8) is 0 Å². The van der Waals surface area contributed by atoms with Crippen molar-refractivity contribution in [3.05, 3.63) is 103 Å². The van der Waals surface area contributed by atoms with E-state index in [1.165, 1.54) is 4.90 Å². The summed E-state index contributed by atoms with van der Waals surface area (Å²) in [6.07, 6.45) is 7.94. The highest BCUT2D eigenvalue weighted by Crippen LogP contribution is 2.41. The molecule has 0 radical (unpaired) electrons. The number of carbonyl (C=O) groups is 1. The molecule has 160 valence electrons. The van der Waals surface area contributed by atoms with Crippen molar-refractivity contribution in [1.29, 1.82) is 0 Å². The highest BCUT2D eigenvalue weighted by atomic mass is 19.1. The minimum atomic E-state index is -1.64. The molecule has 0 saturated carbocycles. The summed E-state index contributed by atoms with van der Waals surface area (Å²) in [7, 11) is 0. The first-order valence-corrected chi connectivity index (χ1v) is 10.8. The summed E-state index contributed by atoms with van der Waals surface area (Å²) in [4.78, 5) is 14.6. The number of hydrogen-bond acceptors (Lipinski definition) is 2. The van der Waals surface area contributed by atoms with E-state index in [0.29, 0.717) is 19.4 Å². The Morgan fingerprint density at radius 1 is 1.16 bits per heavy atom. The van der Waals surface area contributed by atoms with Crippen LogP contribution in [-0.4, -0.2) is 29.2 Å². The van der Waals surface area contributed by atoms with Gasteiger partial charge >= 0.3 is 6.09 Å². The van der Waals surface area contributed by atoms with Gasteiger partial charge in [-0.15, -0.1) is 6.58 Å². The molecule has 1 fully saturated rings. The Balaban J connectivity index is 1.50. The second-order valence-electron chi connectivity index (χ2n) is 8.33. The monoisotopic (exact) mass is 417 g/mol. The van der Waals surface area contributed by atoms with Crippen molar-refractivity contribution in [3.8, 4) is 0 Å². The molecule has 0 N–H and O–H groups in total. The normalized spacial score (nSPS) is 26.7. The fourth-order valence-electron chi connectivity index (χ4n) is 4.51. The van der Waals surface area contributed by atoms with E-state index in [4.69, 9.17) is 4.74 Å². The second-order valence-corrected chi connectivity index (χ2v) is 8.33. The number of benzene rings is 2. The van der Waals surface area contributed by atoms with Gasteiger partial charge in [-0.05, 0) is 29.7 Å². The zero-order valence-corrected chi connectivity index (χ0v) is 17.8. The molecule has 3 nitrogen and oxygen atoms in total. The molecule has 4 rings (SSSR count). The topological polar surface area (TPSA) is 29.5 Å². The third-order valence-electron chi connectivity index (χ3n) is 6.49. The number of allylic oxidation sites excluding steroid dienone is 3.